The minimum Gasteiger partial charge on any atom is -0.452 e. The first-order valence-electron chi connectivity index (χ1n) is 8.18. The van der Waals surface area contributed by atoms with Gasteiger partial charge in [0.1, 0.15) is 0 Å². The first-order chi connectivity index (χ1) is 13.5. The maximum atomic E-state index is 12.5. The van der Waals surface area contributed by atoms with Gasteiger partial charge in [0.05, 0.1) is 16.8 Å². The van der Waals surface area contributed by atoms with Crippen LogP contribution in [0.3, 0.4) is 0 Å². The highest BCUT2D eigenvalue weighted by atomic mass is 35.5. The zero-order valence-electron chi connectivity index (χ0n) is 14.5. The summed E-state index contributed by atoms with van der Waals surface area (Å²) in [5, 5.41) is 9.26. The second-order valence-corrected chi connectivity index (χ2v) is 6.86. The third-order valence-electron chi connectivity index (χ3n) is 3.64. The van der Waals surface area contributed by atoms with Gasteiger partial charge < -0.3 is 15.4 Å². The lowest BCUT2D eigenvalue weighted by Crippen LogP contribution is -2.23. The van der Waals surface area contributed by atoms with E-state index in [1.54, 1.807) is 65.4 Å². The van der Waals surface area contributed by atoms with Crippen molar-refractivity contribution in [3.8, 4) is 0 Å². The van der Waals surface area contributed by atoms with E-state index >= 15 is 0 Å². The van der Waals surface area contributed by atoms with Gasteiger partial charge in [0.15, 0.2) is 6.61 Å². The summed E-state index contributed by atoms with van der Waals surface area (Å²) >= 11 is 7.19. The van der Waals surface area contributed by atoms with E-state index in [2.05, 4.69) is 10.6 Å². The van der Waals surface area contributed by atoms with Crippen LogP contribution in [0.2, 0.25) is 5.02 Å². The van der Waals surface area contributed by atoms with Crippen LogP contribution in [-0.4, -0.2) is 24.4 Å². The van der Waals surface area contributed by atoms with Crippen molar-refractivity contribution in [2.75, 3.05) is 17.2 Å². The van der Waals surface area contributed by atoms with Crippen molar-refractivity contribution in [3.63, 3.8) is 0 Å². The molecule has 3 rings (SSSR count). The molecule has 0 aliphatic rings. The molecule has 0 fully saturated rings. The summed E-state index contributed by atoms with van der Waals surface area (Å²) in [4.78, 5) is 36.5. The summed E-state index contributed by atoms with van der Waals surface area (Å²) in [6.45, 7) is -0.457. The molecular formula is C20H15ClN2O4S. The summed E-state index contributed by atoms with van der Waals surface area (Å²) in [6, 6.07) is 14.8. The van der Waals surface area contributed by atoms with Gasteiger partial charge in [-0.25, -0.2) is 4.79 Å². The maximum Gasteiger partial charge on any atom is 0.339 e. The summed E-state index contributed by atoms with van der Waals surface area (Å²) < 4.78 is 4.97. The molecule has 2 aromatic carbocycles. The van der Waals surface area contributed by atoms with Gasteiger partial charge in [-0.05, 0) is 47.8 Å². The van der Waals surface area contributed by atoms with Crippen molar-refractivity contribution in [1.29, 1.82) is 0 Å². The fraction of sp³-hybridized carbons (Fsp3) is 0.0500. The lowest BCUT2D eigenvalue weighted by Gasteiger charge is -2.11. The van der Waals surface area contributed by atoms with Crippen LogP contribution in [0.1, 0.15) is 20.7 Å². The van der Waals surface area contributed by atoms with Crippen LogP contribution in [-0.2, 0) is 9.53 Å². The Balaban J connectivity index is 1.62. The molecule has 0 spiro atoms. The number of hydrogen-bond acceptors (Lipinski definition) is 5. The van der Waals surface area contributed by atoms with Crippen LogP contribution in [0.4, 0.5) is 11.4 Å². The summed E-state index contributed by atoms with van der Waals surface area (Å²) in [5.74, 6) is -1.52. The molecule has 8 heteroatoms. The van der Waals surface area contributed by atoms with Gasteiger partial charge in [-0.2, -0.15) is 11.3 Å². The Morgan fingerprint density at radius 3 is 2.43 bits per heavy atom. The average molecular weight is 415 g/mol. The molecule has 0 atom stereocenters. The third-order valence-corrected chi connectivity index (χ3v) is 4.57. The SMILES string of the molecule is O=C(COC(=O)c1ccsc1)Nc1ccccc1C(=O)Nc1ccc(Cl)cc1. The van der Waals surface area contributed by atoms with E-state index in [1.807, 2.05) is 0 Å². The van der Waals surface area contributed by atoms with Crippen molar-refractivity contribution in [2.24, 2.45) is 0 Å². The summed E-state index contributed by atoms with van der Waals surface area (Å²) in [7, 11) is 0. The van der Waals surface area contributed by atoms with Crippen molar-refractivity contribution >= 4 is 52.1 Å². The van der Waals surface area contributed by atoms with Crippen LogP contribution in [0.5, 0.6) is 0 Å². The number of nitrogens with one attached hydrogen (secondary N) is 2. The molecule has 1 heterocycles. The molecule has 0 aliphatic carbocycles. The van der Waals surface area contributed by atoms with E-state index in [9.17, 15) is 14.4 Å². The van der Waals surface area contributed by atoms with Crippen molar-refractivity contribution in [3.05, 3.63) is 81.5 Å². The van der Waals surface area contributed by atoms with Crippen LogP contribution in [0, 0.1) is 0 Å². The number of carbonyl (C=O) groups excluding carboxylic acids is 3. The predicted octanol–water partition coefficient (Wildman–Crippen LogP) is 4.45. The van der Waals surface area contributed by atoms with Gasteiger partial charge >= 0.3 is 5.97 Å². The highest BCUT2D eigenvalue weighted by Gasteiger charge is 2.15. The number of halogens is 1. The molecule has 6 nitrogen and oxygen atoms in total. The topological polar surface area (TPSA) is 84.5 Å². The minimum absolute atomic E-state index is 0.273. The van der Waals surface area contributed by atoms with Gasteiger partial charge in [-0.1, -0.05) is 23.7 Å². The van der Waals surface area contributed by atoms with Crippen molar-refractivity contribution in [2.45, 2.75) is 0 Å². The first kappa shape index (κ1) is 19.6. The molecule has 142 valence electrons. The van der Waals surface area contributed by atoms with Crippen molar-refractivity contribution in [1.82, 2.24) is 0 Å². The van der Waals surface area contributed by atoms with E-state index in [0.29, 0.717) is 22.0 Å². The Morgan fingerprint density at radius 1 is 0.964 bits per heavy atom. The highest BCUT2D eigenvalue weighted by Crippen LogP contribution is 2.19. The monoisotopic (exact) mass is 414 g/mol. The zero-order chi connectivity index (χ0) is 19.9. The standard InChI is InChI=1S/C20H15ClN2O4S/c21-14-5-7-15(8-6-14)22-19(25)16-3-1-2-4-17(16)23-18(24)11-27-20(26)13-9-10-28-12-13/h1-10,12H,11H2,(H,22,25)(H,23,24). The average Bonchev–Trinajstić information content (AvgIpc) is 3.23. The van der Waals surface area contributed by atoms with Crippen LogP contribution < -0.4 is 10.6 Å². The Hall–Kier alpha value is -3.16. The molecule has 28 heavy (non-hydrogen) atoms. The number of rotatable bonds is 6. The zero-order valence-corrected chi connectivity index (χ0v) is 16.0. The summed E-state index contributed by atoms with van der Waals surface area (Å²) in [5.41, 5.74) is 1.54. The number of thiophene rings is 1. The van der Waals surface area contributed by atoms with E-state index in [-0.39, 0.29) is 5.56 Å². The molecule has 0 radical (unpaired) electrons. The molecular weight excluding hydrogens is 400 g/mol. The van der Waals surface area contributed by atoms with Crippen LogP contribution in [0.25, 0.3) is 0 Å². The predicted molar refractivity (Wildman–Crippen MR) is 109 cm³/mol. The third kappa shape index (κ3) is 5.18. The molecule has 2 amide bonds. The Labute approximate surface area is 170 Å². The largest absolute Gasteiger partial charge is 0.452 e. The lowest BCUT2D eigenvalue weighted by molar-refractivity contribution is -0.119. The molecule has 0 aliphatic heterocycles. The molecule has 0 saturated heterocycles. The minimum atomic E-state index is -0.579. The number of amides is 2. The maximum absolute atomic E-state index is 12.5. The fourth-order valence-corrected chi connectivity index (χ4v) is 3.05. The number of carbonyl (C=O) groups is 3. The lowest BCUT2D eigenvalue weighted by atomic mass is 10.1. The van der Waals surface area contributed by atoms with Crippen molar-refractivity contribution < 1.29 is 19.1 Å². The van der Waals surface area contributed by atoms with Gasteiger partial charge in [0.2, 0.25) is 0 Å². The van der Waals surface area contributed by atoms with E-state index in [4.69, 9.17) is 16.3 Å². The van der Waals surface area contributed by atoms with Gasteiger partial charge in [-0.3, -0.25) is 9.59 Å². The van der Waals surface area contributed by atoms with E-state index in [1.165, 1.54) is 11.3 Å². The normalized spacial score (nSPS) is 10.2. The Kier molecular flexibility index (Phi) is 6.41. The van der Waals surface area contributed by atoms with Crippen LogP contribution in [0.15, 0.2) is 65.4 Å². The second-order valence-electron chi connectivity index (χ2n) is 5.64. The highest BCUT2D eigenvalue weighted by molar-refractivity contribution is 7.08. The molecule has 0 bridgehead atoms. The second kappa shape index (κ2) is 9.16. The number of hydrogen-bond donors (Lipinski definition) is 2. The van der Waals surface area contributed by atoms with Gasteiger partial charge in [-0.15, -0.1) is 0 Å². The smallest absolute Gasteiger partial charge is 0.339 e. The number of benzene rings is 2. The van der Waals surface area contributed by atoms with Gasteiger partial charge in [0.25, 0.3) is 11.8 Å². The molecule has 1 aromatic heterocycles. The molecule has 3 aromatic rings. The summed E-state index contributed by atoms with van der Waals surface area (Å²) in [6.07, 6.45) is 0. The number of anilines is 2. The number of para-hydroxylation sites is 1. The Morgan fingerprint density at radius 2 is 1.71 bits per heavy atom. The molecule has 0 unspecified atom stereocenters. The quantitative estimate of drug-likeness (QED) is 0.583. The van der Waals surface area contributed by atoms with E-state index in [0.717, 1.165) is 0 Å². The van der Waals surface area contributed by atoms with Gasteiger partial charge in [0, 0.05) is 16.1 Å². The van der Waals surface area contributed by atoms with E-state index < -0.39 is 24.4 Å². The number of ether oxygens (including phenoxy) is 1. The molecule has 0 saturated carbocycles. The first-order valence-corrected chi connectivity index (χ1v) is 9.50. The fourth-order valence-electron chi connectivity index (χ4n) is 2.30. The Bertz CT molecular complexity index is 988. The van der Waals surface area contributed by atoms with Crippen LogP contribution >= 0.6 is 22.9 Å². The molecule has 2 N–H and O–H groups in total. The number of esters is 1.